The zero-order valence-corrected chi connectivity index (χ0v) is 9.97. The third kappa shape index (κ3) is 12600. The number of carbonyl (C=O) groups is 2. The van der Waals surface area contributed by atoms with Crippen molar-refractivity contribution in [3.05, 3.63) is 0 Å². The van der Waals surface area contributed by atoms with Crippen molar-refractivity contribution in [3.63, 3.8) is 0 Å². The summed E-state index contributed by atoms with van der Waals surface area (Å²) in [6.07, 6.45) is 0. The molecule has 5 nitrogen and oxygen atoms in total. The van der Waals surface area contributed by atoms with Crippen LogP contribution in [-0.4, -0.2) is 44.2 Å². The van der Waals surface area contributed by atoms with Gasteiger partial charge in [0.25, 0.3) is 0 Å². The van der Waals surface area contributed by atoms with Gasteiger partial charge in [-0.05, 0) is 13.8 Å². The Balaban J connectivity index is -0.0000000886. The normalized spacial score (nSPS) is 6.09. The molecule has 0 amide bonds. The number of hydrogen-bond acceptors (Lipinski definition) is 5. The Labute approximate surface area is 80.8 Å². The van der Waals surface area contributed by atoms with Crippen molar-refractivity contribution < 1.29 is 22.6 Å². The molecule has 0 atom stereocenters. The molecule has 0 rings (SSSR count). The van der Waals surface area contributed by atoms with Crippen LogP contribution in [0.5, 0.6) is 0 Å². The van der Waals surface area contributed by atoms with E-state index in [1.165, 1.54) is 0 Å². The molecule has 2 radical (unpaired) electrons. The van der Waals surface area contributed by atoms with Gasteiger partial charge in [0, 0.05) is 11.9 Å². The molecular weight excluding hydrogens is 349 g/mol. The van der Waals surface area contributed by atoms with Gasteiger partial charge in [0.15, 0.2) is 0 Å². The van der Waals surface area contributed by atoms with Gasteiger partial charge in [-0.3, -0.25) is 0 Å². The van der Waals surface area contributed by atoms with Gasteiger partial charge in [-0.25, -0.2) is 0 Å². The summed E-state index contributed by atoms with van der Waals surface area (Å²) in [6, 6.07) is 0. The van der Waals surface area contributed by atoms with Gasteiger partial charge in [-0.1, -0.05) is 0 Å². The third-order valence-electron chi connectivity index (χ3n) is 0. The van der Waals surface area contributed by atoms with Gasteiger partial charge in [-0.15, -0.1) is 0 Å². The van der Waals surface area contributed by atoms with Crippen LogP contribution >= 0.6 is 0 Å². The summed E-state index contributed by atoms with van der Waals surface area (Å²) in [5.41, 5.74) is 0. The minimum absolute atomic E-state index is 0.972. The van der Waals surface area contributed by atoms with Gasteiger partial charge in [0.05, 0.1) is 0 Å². The molecule has 0 aromatic heterocycles. The Morgan fingerprint density at radius 2 is 1.18 bits per heavy atom. The molecule has 0 N–H and O–H groups in total. The van der Waals surface area contributed by atoms with E-state index in [0.717, 1.165) is 39.0 Å². The monoisotopic (exact) mass is 358 g/mol. The zero-order valence-electron chi connectivity index (χ0n) is 6.49. The topological polar surface area (TPSA) is 89.5 Å². The summed E-state index contributed by atoms with van der Waals surface area (Å²) in [4.78, 5) is 17.8. The Kier molecular flexibility index (Phi) is 25.4. The van der Waals surface area contributed by atoms with Gasteiger partial charge in [0.1, 0.15) is 0 Å². The SMILES string of the molecule is CC(=O)[O-].CC(=O)[O-].C[O][Bi+2]. The van der Waals surface area contributed by atoms with Gasteiger partial charge < -0.3 is 19.8 Å². The van der Waals surface area contributed by atoms with E-state index < -0.39 is 11.9 Å². The van der Waals surface area contributed by atoms with E-state index in [9.17, 15) is 0 Å². The Hall–Kier alpha value is -0.217. The van der Waals surface area contributed by atoms with Crippen LogP contribution in [0.2, 0.25) is 0 Å². The van der Waals surface area contributed by atoms with Crippen LogP contribution in [0.15, 0.2) is 0 Å². The fraction of sp³-hybridized carbons (Fsp3) is 0.600. The maximum absolute atomic E-state index is 8.89. The molecule has 0 saturated carbocycles. The molecule has 0 bridgehead atoms. The summed E-state index contributed by atoms with van der Waals surface area (Å²) in [6.45, 7) is 1.94. The van der Waals surface area contributed by atoms with Crippen molar-refractivity contribution in [1.82, 2.24) is 0 Å². The number of hydrogen-bond donors (Lipinski definition) is 0. The van der Waals surface area contributed by atoms with Crippen LogP contribution in [0.4, 0.5) is 0 Å². The third-order valence-corrected chi connectivity index (χ3v) is 0. The molecule has 0 fully saturated rings. The second-order valence-electron chi connectivity index (χ2n) is 1.17. The molecule has 11 heavy (non-hydrogen) atoms. The van der Waals surface area contributed by atoms with Gasteiger partial charge in [0.2, 0.25) is 0 Å². The zero-order chi connectivity index (χ0) is 9.86. The number of carboxylic acid groups (broad SMARTS) is 2. The van der Waals surface area contributed by atoms with Crippen LogP contribution in [0.25, 0.3) is 0 Å². The molecule has 0 saturated heterocycles. The first-order valence-corrected chi connectivity index (χ1v) is 3.83. The van der Waals surface area contributed by atoms with E-state index in [0.29, 0.717) is 0 Å². The quantitative estimate of drug-likeness (QED) is 0.438. The number of aliphatic carboxylic acids is 2. The first-order valence-electron chi connectivity index (χ1n) is 2.41. The first kappa shape index (κ1) is 17.0. The molecule has 64 valence electrons. The summed E-state index contributed by atoms with van der Waals surface area (Å²) < 4.78 is 4.36. The van der Waals surface area contributed by atoms with Crippen LogP contribution in [-0.2, 0) is 12.4 Å². The fourth-order valence-electron chi connectivity index (χ4n) is 0. The van der Waals surface area contributed by atoms with Crippen molar-refractivity contribution in [2.45, 2.75) is 13.8 Å². The molecule has 0 aliphatic carbocycles. The minimum atomic E-state index is -1.08. The molecule has 0 spiro atoms. The van der Waals surface area contributed by atoms with Crippen molar-refractivity contribution in [3.8, 4) is 0 Å². The Morgan fingerprint density at radius 3 is 1.18 bits per heavy atom. The number of rotatable bonds is 0. The molecular formula is C5H9BiO5. The fourth-order valence-corrected chi connectivity index (χ4v) is 0. The maximum atomic E-state index is 8.89. The Bertz CT molecular complexity index is 83.0. The van der Waals surface area contributed by atoms with E-state index in [2.05, 4.69) is 2.81 Å². The number of carboxylic acids is 2. The van der Waals surface area contributed by atoms with Gasteiger partial charge >= 0.3 is 35.1 Å². The van der Waals surface area contributed by atoms with E-state index >= 15 is 0 Å². The van der Waals surface area contributed by atoms with E-state index in [4.69, 9.17) is 19.8 Å². The second kappa shape index (κ2) is 16.4. The molecule has 0 unspecified atom stereocenters. The summed E-state index contributed by atoms with van der Waals surface area (Å²) in [5.74, 6) is -2.17. The predicted octanol–water partition coefficient (Wildman–Crippen LogP) is -2.77. The summed E-state index contributed by atoms with van der Waals surface area (Å²) >= 11 is 1.02. The van der Waals surface area contributed by atoms with Crippen LogP contribution in [0, 0.1) is 0 Å². The van der Waals surface area contributed by atoms with E-state index in [1.54, 1.807) is 7.11 Å². The van der Waals surface area contributed by atoms with E-state index in [1.807, 2.05) is 0 Å². The van der Waals surface area contributed by atoms with Gasteiger partial charge in [-0.2, -0.15) is 0 Å². The first-order chi connectivity index (χ1) is 4.88. The Morgan fingerprint density at radius 1 is 1.18 bits per heavy atom. The van der Waals surface area contributed by atoms with E-state index in [-0.39, 0.29) is 0 Å². The molecule has 0 aromatic carbocycles. The average Bonchev–Trinajstić information content (AvgIpc) is 1.60. The van der Waals surface area contributed by atoms with Crippen LogP contribution in [0.1, 0.15) is 13.8 Å². The standard InChI is InChI=1S/2C2H4O2.CH3O.Bi/c2*1-2(3)4;1-2;/h2*1H3,(H,3,4);1H3;/q;;-1;+3/p-2. The van der Waals surface area contributed by atoms with Crippen molar-refractivity contribution in [2.75, 3.05) is 7.11 Å². The molecule has 0 heterocycles. The van der Waals surface area contributed by atoms with Crippen molar-refractivity contribution >= 4 is 37.1 Å². The van der Waals surface area contributed by atoms with Crippen LogP contribution < -0.4 is 10.2 Å². The second-order valence-corrected chi connectivity index (χ2v) is 2.59. The number of carbonyl (C=O) groups excluding carboxylic acids is 2. The van der Waals surface area contributed by atoms with Crippen molar-refractivity contribution in [1.29, 1.82) is 0 Å². The molecule has 0 aliphatic rings. The summed E-state index contributed by atoms with van der Waals surface area (Å²) in [7, 11) is 1.67. The molecule has 0 aromatic rings. The molecule has 0 aliphatic heterocycles. The average molecular weight is 358 g/mol. The van der Waals surface area contributed by atoms with Crippen molar-refractivity contribution in [2.24, 2.45) is 0 Å². The molecule has 6 heteroatoms. The predicted molar refractivity (Wildman–Crippen MR) is 34.1 cm³/mol. The summed E-state index contributed by atoms with van der Waals surface area (Å²) in [5, 5.41) is 17.8. The van der Waals surface area contributed by atoms with Crippen LogP contribution in [0.3, 0.4) is 0 Å².